The second kappa shape index (κ2) is 8.84. The average molecular weight is 449 g/mol. The average Bonchev–Trinajstić information content (AvgIpc) is 2.70. The maximum absolute atomic E-state index is 13.0. The molecule has 150 valence electrons. The molecule has 1 amide bonds. The molecule has 0 atom stereocenters. The van der Waals surface area contributed by atoms with Gasteiger partial charge in [-0.05, 0) is 50.2 Å². The van der Waals surface area contributed by atoms with Crippen LogP contribution in [0.25, 0.3) is 0 Å². The maximum Gasteiger partial charge on any atom is 0.268 e. The van der Waals surface area contributed by atoms with E-state index in [1.165, 1.54) is 0 Å². The Bertz CT molecular complexity index is 818. The van der Waals surface area contributed by atoms with Crippen LogP contribution in [0.15, 0.2) is 46.9 Å². The van der Waals surface area contributed by atoms with Crippen LogP contribution in [-0.2, 0) is 9.53 Å². The molecule has 2 aromatic rings. The first-order valence-electron chi connectivity index (χ1n) is 9.16. The number of benzene rings is 2. The summed E-state index contributed by atoms with van der Waals surface area (Å²) in [6.45, 7) is 6.37. The van der Waals surface area contributed by atoms with Gasteiger partial charge in [-0.2, -0.15) is 0 Å². The third-order valence-corrected chi connectivity index (χ3v) is 5.07. The van der Waals surface area contributed by atoms with Crippen LogP contribution in [0.2, 0.25) is 0 Å². The number of hydrogen-bond donors (Lipinski definition) is 1. The second-order valence-electron chi connectivity index (χ2n) is 7.00. The number of methoxy groups -OCH3 is 1. The molecule has 1 saturated heterocycles. The largest absolute Gasteiger partial charge is 0.497 e. The van der Waals surface area contributed by atoms with Crippen LogP contribution >= 0.6 is 15.9 Å². The number of nitrogens with zero attached hydrogens (tertiary/aromatic N) is 1. The summed E-state index contributed by atoms with van der Waals surface area (Å²) in [4.78, 5) is 15.2. The molecular weight excluding hydrogens is 424 g/mol. The van der Waals surface area contributed by atoms with Gasteiger partial charge in [0.1, 0.15) is 11.5 Å². The molecule has 1 aliphatic heterocycles. The van der Waals surface area contributed by atoms with Gasteiger partial charge >= 0.3 is 0 Å². The Balaban J connectivity index is 1.80. The van der Waals surface area contributed by atoms with Crippen molar-refractivity contribution in [3.63, 3.8) is 0 Å². The third kappa shape index (κ3) is 4.97. The normalized spacial score (nSPS) is 14.5. The van der Waals surface area contributed by atoms with Crippen LogP contribution in [0.3, 0.4) is 0 Å². The molecular formula is C21H25BrN2O4. The van der Waals surface area contributed by atoms with Crippen LogP contribution in [0.1, 0.15) is 13.8 Å². The summed E-state index contributed by atoms with van der Waals surface area (Å²) in [5.41, 5.74) is 0.578. The molecule has 7 heteroatoms. The Kier molecular flexibility index (Phi) is 6.46. The zero-order chi connectivity index (χ0) is 20.1. The Morgan fingerprint density at radius 1 is 1.11 bits per heavy atom. The lowest BCUT2D eigenvalue weighted by molar-refractivity contribution is -0.128. The molecule has 6 nitrogen and oxygen atoms in total. The highest BCUT2D eigenvalue weighted by Crippen LogP contribution is 2.32. The first-order valence-corrected chi connectivity index (χ1v) is 9.95. The SMILES string of the molecule is COc1ccc(N2CCOCC2)c(NC(=O)C(C)(C)Oc2ccc(Br)cc2)c1. The highest BCUT2D eigenvalue weighted by Gasteiger charge is 2.31. The molecule has 0 unspecified atom stereocenters. The number of amides is 1. The molecule has 0 aromatic heterocycles. The zero-order valence-electron chi connectivity index (χ0n) is 16.3. The quantitative estimate of drug-likeness (QED) is 0.720. The van der Waals surface area contributed by atoms with Crippen molar-refractivity contribution in [1.29, 1.82) is 0 Å². The van der Waals surface area contributed by atoms with Crippen LogP contribution < -0.4 is 19.7 Å². The van der Waals surface area contributed by atoms with Gasteiger partial charge in [-0.3, -0.25) is 4.79 Å². The Morgan fingerprint density at radius 2 is 1.75 bits per heavy atom. The van der Waals surface area contributed by atoms with Gasteiger partial charge in [0.25, 0.3) is 5.91 Å². The molecule has 0 spiro atoms. The summed E-state index contributed by atoms with van der Waals surface area (Å²) in [6, 6.07) is 13.1. The molecule has 2 aromatic carbocycles. The van der Waals surface area contributed by atoms with Crippen LogP contribution in [0, 0.1) is 0 Å². The van der Waals surface area contributed by atoms with E-state index in [1.54, 1.807) is 21.0 Å². The minimum absolute atomic E-state index is 0.238. The topological polar surface area (TPSA) is 60.0 Å². The first-order chi connectivity index (χ1) is 13.4. The summed E-state index contributed by atoms with van der Waals surface area (Å²) in [6.07, 6.45) is 0. The van der Waals surface area contributed by atoms with Gasteiger partial charge in [0.05, 0.1) is 31.7 Å². The standard InChI is InChI=1S/C21H25BrN2O4/c1-21(2,28-16-6-4-15(22)5-7-16)20(25)23-18-14-17(26-3)8-9-19(18)24-10-12-27-13-11-24/h4-9,14H,10-13H2,1-3H3,(H,23,25). The molecule has 3 rings (SSSR count). The van der Waals surface area contributed by atoms with Crippen molar-refractivity contribution >= 4 is 33.2 Å². The Hall–Kier alpha value is -2.25. The van der Waals surface area contributed by atoms with E-state index in [1.807, 2.05) is 42.5 Å². The summed E-state index contributed by atoms with van der Waals surface area (Å²) in [5, 5.41) is 3.02. The smallest absolute Gasteiger partial charge is 0.268 e. The Labute approximate surface area is 173 Å². The van der Waals surface area contributed by atoms with Crippen LogP contribution in [0.5, 0.6) is 11.5 Å². The maximum atomic E-state index is 13.0. The number of anilines is 2. The number of carbonyl (C=O) groups is 1. The number of carbonyl (C=O) groups excluding carboxylic acids is 1. The number of nitrogens with one attached hydrogen (secondary N) is 1. The summed E-state index contributed by atoms with van der Waals surface area (Å²) >= 11 is 3.40. The van der Waals surface area contributed by atoms with E-state index in [2.05, 4.69) is 26.1 Å². The van der Waals surface area contributed by atoms with Crippen LogP contribution in [0.4, 0.5) is 11.4 Å². The van der Waals surface area contributed by atoms with Crippen molar-refractivity contribution in [3.05, 3.63) is 46.9 Å². The zero-order valence-corrected chi connectivity index (χ0v) is 17.9. The van der Waals surface area contributed by atoms with E-state index in [9.17, 15) is 4.79 Å². The van der Waals surface area contributed by atoms with Gasteiger partial charge < -0.3 is 24.4 Å². The first kappa shape index (κ1) is 20.5. The fourth-order valence-corrected chi connectivity index (χ4v) is 3.20. The van der Waals surface area contributed by atoms with E-state index >= 15 is 0 Å². The summed E-state index contributed by atoms with van der Waals surface area (Å²) in [5.74, 6) is 1.07. The van der Waals surface area contributed by atoms with Crippen molar-refractivity contribution in [2.75, 3.05) is 43.6 Å². The summed E-state index contributed by atoms with van der Waals surface area (Å²) in [7, 11) is 1.61. The second-order valence-corrected chi connectivity index (χ2v) is 7.92. The molecule has 28 heavy (non-hydrogen) atoms. The van der Waals surface area contributed by atoms with Gasteiger partial charge in [-0.1, -0.05) is 15.9 Å². The Morgan fingerprint density at radius 3 is 2.39 bits per heavy atom. The lowest BCUT2D eigenvalue weighted by atomic mass is 10.1. The lowest BCUT2D eigenvalue weighted by Crippen LogP contribution is -2.43. The molecule has 0 radical (unpaired) electrons. The number of rotatable bonds is 6. The molecule has 1 N–H and O–H groups in total. The molecule has 0 bridgehead atoms. The van der Waals surface area contributed by atoms with Gasteiger partial charge in [0.2, 0.25) is 0 Å². The molecule has 0 aliphatic carbocycles. The third-order valence-electron chi connectivity index (χ3n) is 4.54. The highest BCUT2D eigenvalue weighted by atomic mass is 79.9. The van der Waals surface area contributed by atoms with Gasteiger partial charge in [0.15, 0.2) is 5.60 Å². The van der Waals surface area contributed by atoms with Gasteiger partial charge in [-0.15, -0.1) is 0 Å². The molecule has 1 heterocycles. The van der Waals surface area contributed by atoms with Crippen molar-refractivity contribution in [1.82, 2.24) is 0 Å². The monoisotopic (exact) mass is 448 g/mol. The minimum atomic E-state index is -1.06. The number of halogens is 1. The lowest BCUT2D eigenvalue weighted by Gasteiger charge is -2.32. The molecule has 0 saturated carbocycles. The minimum Gasteiger partial charge on any atom is -0.497 e. The highest BCUT2D eigenvalue weighted by molar-refractivity contribution is 9.10. The number of hydrogen-bond acceptors (Lipinski definition) is 5. The predicted molar refractivity (Wildman–Crippen MR) is 114 cm³/mol. The number of morpholine rings is 1. The molecule has 1 aliphatic rings. The van der Waals surface area contributed by atoms with E-state index in [4.69, 9.17) is 14.2 Å². The number of ether oxygens (including phenoxy) is 3. The van der Waals surface area contributed by atoms with E-state index < -0.39 is 5.60 Å². The fourth-order valence-electron chi connectivity index (χ4n) is 2.94. The van der Waals surface area contributed by atoms with Crippen molar-refractivity contribution in [2.24, 2.45) is 0 Å². The molecule has 1 fully saturated rings. The fraction of sp³-hybridized carbons (Fsp3) is 0.381. The predicted octanol–water partition coefficient (Wildman–Crippen LogP) is 4.09. The van der Waals surface area contributed by atoms with Crippen molar-refractivity contribution in [3.8, 4) is 11.5 Å². The van der Waals surface area contributed by atoms with Gasteiger partial charge in [0, 0.05) is 23.6 Å². The van der Waals surface area contributed by atoms with Crippen molar-refractivity contribution in [2.45, 2.75) is 19.4 Å². The van der Waals surface area contributed by atoms with E-state index in [0.717, 1.165) is 23.2 Å². The van der Waals surface area contributed by atoms with Gasteiger partial charge in [-0.25, -0.2) is 0 Å². The van der Waals surface area contributed by atoms with E-state index in [0.29, 0.717) is 30.4 Å². The van der Waals surface area contributed by atoms with Crippen LogP contribution in [-0.4, -0.2) is 44.9 Å². The van der Waals surface area contributed by atoms with Crippen molar-refractivity contribution < 1.29 is 19.0 Å². The summed E-state index contributed by atoms with van der Waals surface area (Å²) < 4.78 is 17.7. The van der Waals surface area contributed by atoms with E-state index in [-0.39, 0.29) is 5.91 Å².